The Morgan fingerprint density at radius 1 is 1.60 bits per heavy atom. The molecule has 0 fully saturated rings. The minimum atomic E-state index is -0.730. The van der Waals surface area contributed by atoms with Gasteiger partial charge in [-0.15, -0.1) is 0 Å². The standard InChI is InChI=1S/C9H9ClFNO3/c10-7-5-6(1-2-8(7)11)12-9(14)15-4-3-13/h1-2,5,13H,3-4H2,(H,12,14). The molecule has 2 N–H and O–H groups in total. The summed E-state index contributed by atoms with van der Waals surface area (Å²) in [6.45, 7) is -0.349. The maximum Gasteiger partial charge on any atom is 0.411 e. The third-order valence-corrected chi connectivity index (χ3v) is 1.78. The molecule has 0 heterocycles. The Balaban J connectivity index is 2.57. The van der Waals surface area contributed by atoms with Crippen LogP contribution in [0.3, 0.4) is 0 Å². The van der Waals surface area contributed by atoms with E-state index in [1.807, 2.05) is 0 Å². The maximum atomic E-state index is 12.7. The van der Waals surface area contributed by atoms with Crippen LogP contribution in [0.25, 0.3) is 0 Å². The number of halogens is 2. The number of hydrogen-bond donors (Lipinski definition) is 2. The fourth-order valence-corrected chi connectivity index (χ4v) is 1.05. The molecule has 0 aliphatic rings. The van der Waals surface area contributed by atoms with E-state index < -0.39 is 11.9 Å². The number of carbonyl (C=O) groups is 1. The van der Waals surface area contributed by atoms with E-state index in [1.165, 1.54) is 12.1 Å². The summed E-state index contributed by atoms with van der Waals surface area (Å²) in [5, 5.41) is 10.6. The highest BCUT2D eigenvalue weighted by Gasteiger charge is 2.05. The Labute approximate surface area is 90.6 Å². The molecule has 6 heteroatoms. The lowest BCUT2D eigenvalue weighted by molar-refractivity contribution is 0.131. The SMILES string of the molecule is O=C(Nc1ccc(F)c(Cl)c1)OCCO. The Morgan fingerprint density at radius 2 is 2.33 bits per heavy atom. The van der Waals surface area contributed by atoms with Gasteiger partial charge in [0.25, 0.3) is 0 Å². The number of aliphatic hydroxyl groups is 1. The van der Waals surface area contributed by atoms with Crippen LogP contribution in [0.1, 0.15) is 0 Å². The van der Waals surface area contributed by atoms with Crippen molar-refractivity contribution in [2.75, 3.05) is 18.5 Å². The second kappa shape index (κ2) is 5.53. The normalized spacial score (nSPS) is 9.80. The van der Waals surface area contributed by atoms with Crippen LogP contribution < -0.4 is 5.32 Å². The van der Waals surface area contributed by atoms with Gasteiger partial charge >= 0.3 is 6.09 Å². The van der Waals surface area contributed by atoms with Gasteiger partial charge in [0.2, 0.25) is 0 Å². The maximum absolute atomic E-state index is 12.7. The van der Waals surface area contributed by atoms with Gasteiger partial charge in [-0.05, 0) is 18.2 Å². The van der Waals surface area contributed by atoms with Crippen molar-refractivity contribution >= 4 is 23.4 Å². The first-order valence-electron chi connectivity index (χ1n) is 4.13. The number of nitrogens with one attached hydrogen (secondary N) is 1. The number of benzene rings is 1. The summed E-state index contributed by atoms with van der Waals surface area (Å²) in [7, 11) is 0. The van der Waals surface area contributed by atoms with E-state index in [1.54, 1.807) is 0 Å². The molecule has 0 aromatic heterocycles. The van der Waals surface area contributed by atoms with E-state index >= 15 is 0 Å². The van der Waals surface area contributed by atoms with Crippen LogP contribution in [0.15, 0.2) is 18.2 Å². The van der Waals surface area contributed by atoms with Crippen molar-refractivity contribution in [1.82, 2.24) is 0 Å². The number of ether oxygens (including phenoxy) is 1. The average molecular weight is 234 g/mol. The zero-order valence-electron chi connectivity index (χ0n) is 7.67. The largest absolute Gasteiger partial charge is 0.447 e. The predicted octanol–water partition coefficient (Wildman–Crippen LogP) is 2.02. The molecule has 0 aliphatic heterocycles. The summed E-state index contributed by atoms with van der Waals surface area (Å²) in [6, 6.07) is 3.74. The van der Waals surface area contributed by atoms with Crippen molar-refractivity contribution < 1.29 is 19.0 Å². The van der Waals surface area contributed by atoms with Crippen molar-refractivity contribution in [3.05, 3.63) is 29.0 Å². The minimum Gasteiger partial charge on any atom is -0.447 e. The van der Waals surface area contributed by atoms with Crippen LogP contribution in [0.2, 0.25) is 5.02 Å². The Morgan fingerprint density at radius 3 is 2.93 bits per heavy atom. The first kappa shape index (κ1) is 11.7. The second-order valence-electron chi connectivity index (χ2n) is 2.61. The summed E-state index contributed by atoms with van der Waals surface area (Å²) in [5.41, 5.74) is 0.323. The van der Waals surface area contributed by atoms with Crippen LogP contribution in [0, 0.1) is 5.82 Å². The van der Waals surface area contributed by atoms with Crippen molar-refractivity contribution in [3.8, 4) is 0 Å². The number of carbonyl (C=O) groups excluding carboxylic acids is 1. The molecule has 4 nitrogen and oxygen atoms in total. The molecule has 0 saturated carbocycles. The highest BCUT2D eigenvalue weighted by atomic mass is 35.5. The fourth-order valence-electron chi connectivity index (χ4n) is 0.866. The molecule has 15 heavy (non-hydrogen) atoms. The average Bonchev–Trinajstić information content (AvgIpc) is 2.20. The van der Waals surface area contributed by atoms with Gasteiger partial charge in [-0.1, -0.05) is 11.6 Å². The molecule has 0 aliphatic carbocycles. The van der Waals surface area contributed by atoms with Gasteiger partial charge in [0.15, 0.2) is 0 Å². The monoisotopic (exact) mass is 233 g/mol. The number of amides is 1. The van der Waals surface area contributed by atoms with Gasteiger partial charge < -0.3 is 9.84 Å². The first-order valence-corrected chi connectivity index (χ1v) is 4.51. The van der Waals surface area contributed by atoms with Gasteiger partial charge in [0, 0.05) is 5.69 Å². The summed E-state index contributed by atoms with van der Waals surface area (Å²) in [5.74, 6) is -0.564. The zero-order chi connectivity index (χ0) is 11.3. The molecule has 0 atom stereocenters. The number of aliphatic hydroxyl groups excluding tert-OH is 1. The van der Waals surface area contributed by atoms with Crippen molar-refractivity contribution in [2.24, 2.45) is 0 Å². The first-order chi connectivity index (χ1) is 7.13. The molecule has 0 unspecified atom stereocenters. The highest BCUT2D eigenvalue weighted by molar-refractivity contribution is 6.31. The quantitative estimate of drug-likeness (QED) is 0.840. The van der Waals surface area contributed by atoms with Crippen molar-refractivity contribution in [1.29, 1.82) is 0 Å². The highest BCUT2D eigenvalue weighted by Crippen LogP contribution is 2.19. The minimum absolute atomic E-state index is 0.0880. The number of anilines is 1. The summed E-state index contributed by atoms with van der Waals surface area (Å²) in [4.78, 5) is 11.0. The van der Waals surface area contributed by atoms with Gasteiger partial charge in [-0.25, -0.2) is 9.18 Å². The lowest BCUT2D eigenvalue weighted by Crippen LogP contribution is -2.15. The molecule has 1 aromatic carbocycles. The predicted molar refractivity (Wildman–Crippen MR) is 53.5 cm³/mol. The molecule has 0 saturated heterocycles. The van der Waals surface area contributed by atoms with Gasteiger partial charge in [-0.3, -0.25) is 5.32 Å². The third-order valence-electron chi connectivity index (χ3n) is 1.49. The van der Waals surface area contributed by atoms with Gasteiger partial charge in [-0.2, -0.15) is 0 Å². The van der Waals surface area contributed by atoms with E-state index in [9.17, 15) is 9.18 Å². The Kier molecular flexibility index (Phi) is 4.33. The van der Waals surface area contributed by atoms with E-state index in [0.717, 1.165) is 6.07 Å². The number of rotatable bonds is 3. The second-order valence-corrected chi connectivity index (χ2v) is 3.02. The molecule has 1 amide bonds. The van der Waals surface area contributed by atoms with E-state index in [0.29, 0.717) is 5.69 Å². The lowest BCUT2D eigenvalue weighted by atomic mass is 10.3. The molecular weight excluding hydrogens is 225 g/mol. The number of hydrogen-bond acceptors (Lipinski definition) is 3. The van der Waals surface area contributed by atoms with Crippen molar-refractivity contribution in [2.45, 2.75) is 0 Å². The van der Waals surface area contributed by atoms with E-state index in [-0.39, 0.29) is 18.2 Å². The van der Waals surface area contributed by atoms with Crippen LogP contribution in [0.4, 0.5) is 14.9 Å². The van der Waals surface area contributed by atoms with E-state index in [2.05, 4.69) is 10.1 Å². The van der Waals surface area contributed by atoms with Crippen molar-refractivity contribution in [3.63, 3.8) is 0 Å². The topological polar surface area (TPSA) is 58.6 Å². The Hall–Kier alpha value is -1.33. The zero-order valence-corrected chi connectivity index (χ0v) is 8.42. The molecule has 0 bridgehead atoms. The van der Waals surface area contributed by atoms with Crippen LogP contribution in [-0.4, -0.2) is 24.4 Å². The lowest BCUT2D eigenvalue weighted by Gasteiger charge is -2.05. The van der Waals surface area contributed by atoms with Gasteiger partial charge in [0.05, 0.1) is 11.6 Å². The molecule has 82 valence electrons. The van der Waals surface area contributed by atoms with E-state index in [4.69, 9.17) is 16.7 Å². The molecule has 0 spiro atoms. The van der Waals surface area contributed by atoms with Crippen LogP contribution in [-0.2, 0) is 4.74 Å². The van der Waals surface area contributed by atoms with Crippen LogP contribution in [0.5, 0.6) is 0 Å². The molecular formula is C9H9ClFNO3. The third kappa shape index (κ3) is 3.73. The molecule has 1 rings (SSSR count). The summed E-state index contributed by atoms with van der Waals surface area (Å²) >= 11 is 5.49. The fraction of sp³-hybridized carbons (Fsp3) is 0.222. The summed E-state index contributed by atoms with van der Waals surface area (Å²) < 4.78 is 17.3. The smallest absolute Gasteiger partial charge is 0.411 e. The van der Waals surface area contributed by atoms with Gasteiger partial charge in [0.1, 0.15) is 12.4 Å². The molecule has 1 aromatic rings. The Bertz CT molecular complexity index is 359. The van der Waals surface area contributed by atoms with Crippen LogP contribution >= 0.6 is 11.6 Å². The summed E-state index contributed by atoms with van der Waals surface area (Å²) in [6.07, 6.45) is -0.730. The molecule has 0 radical (unpaired) electrons.